The largest absolute Gasteiger partial charge is 0.756 e. The predicted octanol–water partition coefficient (Wildman–Crippen LogP) is 20.7. The first-order valence-electron chi connectivity index (χ1n) is 33.9. The van der Waals surface area contributed by atoms with Crippen molar-refractivity contribution >= 4 is 19.7 Å². The van der Waals surface area contributed by atoms with E-state index in [4.69, 9.17) is 13.8 Å². The number of allylic oxidation sites excluding steroid dienone is 13. The fourth-order valence-electron chi connectivity index (χ4n) is 9.55. The highest BCUT2D eigenvalue weighted by atomic mass is 31.2. The highest BCUT2D eigenvalue weighted by Gasteiger charge is 2.27. The summed E-state index contributed by atoms with van der Waals surface area (Å²) in [7, 11) is 1.16. The van der Waals surface area contributed by atoms with Crippen LogP contribution >= 0.6 is 7.82 Å². The van der Waals surface area contributed by atoms with E-state index in [2.05, 4.69) is 99.0 Å². The molecular formula is C71H129N2O7P. The molecule has 0 aromatic rings. The number of carbonyl (C=O) groups is 2. The molecule has 0 aromatic heterocycles. The van der Waals surface area contributed by atoms with Gasteiger partial charge < -0.3 is 28.5 Å². The lowest BCUT2D eigenvalue weighted by Crippen LogP contribution is -2.47. The summed E-state index contributed by atoms with van der Waals surface area (Å²) >= 11 is 0. The van der Waals surface area contributed by atoms with E-state index in [-0.39, 0.29) is 18.9 Å². The maximum atomic E-state index is 13.6. The van der Waals surface area contributed by atoms with Gasteiger partial charge >= 0.3 is 5.97 Å². The molecule has 3 atom stereocenters. The molecule has 0 spiro atoms. The van der Waals surface area contributed by atoms with Crippen molar-refractivity contribution in [2.24, 2.45) is 0 Å². The van der Waals surface area contributed by atoms with E-state index >= 15 is 0 Å². The van der Waals surface area contributed by atoms with Gasteiger partial charge in [-0.05, 0) is 102 Å². The van der Waals surface area contributed by atoms with Gasteiger partial charge in [0, 0.05) is 12.8 Å². The third-order valence-corrected chi connectivity index (χ3v) is 15.8. The quantitative estimate of drug-likeness (QED) is 0.0212. The van der Waals surface area contributed by atoms with Crippen molar-refractivity contribution in [1.29, 1.82) is 0 Å². The van der Waals surface area contributed by atoms with E-state index in [1.54, 1.807) is 0 Å². The van der Waals surface area contributed by atoms with Crippen molar-refractivity contribution in [3.8, 4) is 0 Å². The Morgan fingerprint density at radius 1 is 0.432 bits per heavy atom. The Morgan fingerprint density at radius 2 is 0.765 bits per heavy atom. The number of likely N-dealkylation sites (N-methyl/N-ethyl adjacent to an activating group) is 1. The van der Waals surface area contributed by atoms with Gasteiger partial charge in [-0.1, -0.05) is 273 Å². The molecule has 0 aliphatic rings. The Bertz CT molecular complexity index is 1660. The molecule has 3 unspecified atom stereocenters. The zero-order valence-corrected chi connectivity index (χ0v) is 54.6. The molecule has 0 saturated carbocycles. The monoisotopic (exact) mass is 1150 g/mol. The summed E-state index contributed by atoms with van der Waals surface area (Å²) in [6.45, 7) is 6.78. The van der Waals surface area contributed by atoms with E-state index in [9.17, 15) is 19.0 Å². The molecule has 0 rings (SSSR count). The molecule has 1 N–H and O–H groups in total. The number of nitrogens with zero attached hydrogens (tertiary/aromatic N) is 1. The molecule has 0 fully saturated rings. The van der Waals surface area contributed by atoms with E-state index in [0.717, 1.165) is 70.6 Å². The number of phosphoric acid groups is 1. The van der Waals surface area contributed by atoms with Gasteiger partial charge in [0.15, 0.2) is 0 Å². The number of rotatable bonds is 61. The Labute approximate surface area is 501 Å². The summed E-state index contributed by atoms with van der Waals surface area (Å²) in [4.78, 5) is 40.1. The lowest BCUT2D eigenvalue weighted by Gasteiger charge is -2.30. The van der Waals surface area contributed by atoms with Gasteiger partial charge in [-0.2, -0.15) is 0 Å². The number of phosphoric ester groups is 1. The summed E-state index contributed by atoms with van der Waals surface area (Å²) in [5.74, 6) is -0.601. The number of amides is 1. The van der Waals surface area contributed by atoms with Crippen LogP contribution in [-0.4, -0.2) is 69.4 Å². The van der Waals surface area contributed by atoms with Crippen LogP contribution in [0.25, 0.3) is 0 Å². The molecule has 470 valence electrons. The Kier molecular flexibility index (Phi) is 58.2. The predicted molar refractivity (Wildman–Crippen MR) is 348 cm³/mol. The molecule has 0 aliphatic heterocycles. The van der Waals surface area contributed by atoms with Crippen molar-refractivity contribution in [3.05, 3.63) is 85.1 Å². The Morgan fingerprint density at radius 3 is 1.17 bits per heavy atom. The van der Waals surface area contributed by atoms with Crippen molar-refractivity contribution in [1.82, 2.24) is 5.32 Å². The zero-order valence-electron chi connectivity index (χ0n) is 53.7. The molecule has 10 heteroatoms. The van der Waals surface area contributed by atoms with Crippen LogP contribution in [-0.2, 0) is 27.9 Å². The molecular weight excluding hydrogens is 1020 g/mol. The van der Waals surface area contributed by atoms with Gasteiger partial charge in [0.05, 0.1) is 33.8 Å². The minimum Gasteiger partial charge on any atom is -0.756 e. The van der Waals surface area contributed by atoms with Crippen molar-refractivity contribution in [2.45, 2.75) is 315 Å². The van der Waals surface area contributed by atoms with Crippen LogP contribution in [0.3, 0.4) is 0 Å². The van der Waals surface area contributed by atoms with Crippen LogP contribution in [0.15, 0.2) is 85.1 Å². The lowest BCUT2D eigenvalue weighted by molar-refractivity contribution is -0.870. The second-order valence-electron chi connectivity index (χ2n) is 24.0. The molecule has 0 aliphatic carbocycles. The molecule has 0 radical (unpaired) electrons. The number of nitrogens with one attached hydrogen (secondary N) is 1. The zero-order chi connectivity index (χ0) is 59.3. The minimum atomic E-state index is -4.72. The molecule has 0 heterocycles. The van der Waals surface area contributed by atoms with E-state index in [1.165, 1.54) is 193 Å². The first-order chi connectivity index (χ1) is 39.4. The Hall–Kier alpha value is -2.81. The van der Waals surface area contributed by atoms with Gasteiger partial charge in [0.25, 0.3) is 7.82 Å². The van der Waals surface area contributed by atoms with Crippen LogP contribution in [0.5, 0.6) is 0 Å². The van der Waals surface area contributed by atoms with E-state index in [0.29, 0.717) is 23.9 Å². The fourth-order valence-corrected chi connectivity index (χ4v) is 10.3. The average molecular weight is 1150 g/mol. The summed E-state index contributed by atoms with van der Waals surface area (Å²) in [5.41, 5.74) is 0. The van der Waals surface area contributed by atoms with Gasteiger partial charge in [-0.3, -0.25) is 14.2 Å². The second kappa shape index (κ2) is 60.3. The van der Waals surface area contributed by atoms with Crippen molar-refractivity contribution < 1.29 is 37.3 Å². The number of hydrogen-bond acceptors (Lipinski definition) is 7. The highest BCUT2D eigenvalue weighted by Crippen LogP contribution is 2.38. The first-order valence-corrected chi connectivity index (χ1v) is 35.4. The SMILES string of the molecule is CCCCC/C=C\C/C=C\C/C=C\C/C=C\CCCC(=O)OC(/C=C\CCCCCCCCCCCCC)C(COP(=O)([O-])OCC[N+](C)(C)C)NC(=O)CCCCCCCCCCCCCCCCC/C=C\C/C=C\CCCCC. The second-order valence-corrected chi connectivity index (χ2v) is 25.4. The van der Waals surface area contributed by atoms with E-state index in [1.807, 2.05) is 33.3 Å². The maximum absolute atomic E-state index is 13.6. The number of unbranched alkanes of at least 4 members (excludes halogenated alkanes) is 33. The summed E-state index contributed by atoms with van der Waals surface area (Å²) in [5, 5.41) is 3.03. The number of esters is 1. The summed E-state index contributed by atoms with van der Waals surface area (Å²) < 4.78 is 30.3. The molecule has 0 saturated heterocycles. The number of ether oxygens (including phenoxy) is 1. The summed E-state index contributed by atoms with van der Waals surface area (Å²) in [6, 6.07) is -0.914. The number of carbonyl (C=O) groups excluding carboxylic acids is 2. The standard InChI is InChI=1S/C71H129N2O7P/c1-7-10-13-16-19-22-25-28-30-32-33-34-35-36-37-38-39-41-42-45-48-51-54-57-60-63-70(74)72-68(67-79-81(76,77)78-66-65-73(4,5)6)69(62-59-56-53-50-47-44-27-24-21-18-15-12-9-3)80-71(75)64-61-58-55-52-49-46-43-40-31-29-26-23-20-17-14-11-8-2/h19-20,22-23,28-31,43,46,52,55,59,62,68-69H,7-18,21,24-27,32-42,44-45,47-51,53-54,56-58,60-61,63-67H2,1-6H3,(H-,72,74,76,77)/b22-19-,23-20-,30-28-,31-29-,46-43-,55-52-,62-59-. The third kappa shape index (κ3) is 61.6. The maximum Gasteiger partial charge on any atom is 0.306 e. The first kappa shape index (κ1) is 78.2. The fraction of sp³-hybridized carbons (Fsp3) is 0.775. The van der Waals surface area contributed by atoms with Gasteiger partial charge in [0.2, 0.25) is 5.91 Å². The van der Waals surface area contributed by atoms with Crippen LogP contribution in [0.2, 0.25) is 0 Å². The van der Waals surface area contributed by atoms with Crippen molar-refractivity contribution in [3.63, 3.8) is 0 Å². The van der Waals surface area contributed by atoms with Crippen LogP contribution in [0, 0.1) is 0 Å². The van der Waals surface area contributed by atoms with Crippen LogP contribution < -0.4 is 10.2 Å². The molecule has 0 bridgehead atoms. The summed E-state index contributed by atoms with van der Waals surface area (Å²) in [6.07, 6.45) is 79.9. The third-order valence-electron chi connectivity index (χ3n) is 14.8. The van der Waals surface area contributed by atoms with Gasteiger partial charge in [0.1, 0.15) is 19.3 Å². The van der Waals surface area contributed by atoms with E-state index < -0.39 is 32.5 Å². The topological polar surface area (TPSA) is 114 Å². The minimum absolute atomic E-state index is 0.0327. The highest BCUT2D eigenvalue weighted by molar-refractivity contribution is 7.45. The molecule has 81 heavy (non-hydrogen) atoms. The Balaban J connectivity index is 5.18. The molecule has 1 amide bonds. The average Bonchev–Trinajstić information content (AvgIpc) is 3.44. The van der Waals surface area contributed by atoms with Gasteiger partial charge in [-0.25, -0.2) is 0 Å². The van der Waals surface area contributed by atoms with Crippen LogP contribution in [0.4, 0.5) is 0 Å². The normalized spacial score (nSPS) is 14.1. The lowest BCUT2D eigenvalue weighted by atomic mass is 10.0. The molecule has 9 nitrogen and oxygen atoms in total. The van der Waals surface area contributed by atoms with Gasteiger partial charge in [-0.15, -0.1) is 0 Å². The number of hydrogen-bond donors (Lipinski definition) is 1. The number of quaternary nitrogens is 1. The smallest absolute Gasteiger partial charge is 0.306 e. The van der Waals surface area contributed by atoms with Crippen molar-refractivity contribution in [2.75, 3.05) is 40.9 Å². The van der Waals surface area contributed by atoms with Crippen LogP contribution in [0.1, 0.15) is 303 Å². The molecule has 0 aromatic carbocycles.